The molecular weight excluding hydrogens is 246 g/mol. The lowest BCUT2D eigenvalue weighted by Gasteiger charge is -2.27. The van der Waals surface area contributed by atoms with E-state index in [0.717, 1.165) is 23.2 Å². The van der Waals surface area contributed by atoms with Crippen LogP contribution in [-0.4, -0.2) is 19.2 Å². The molecule has 1 aliphatic rings. The molecule has 1 aromatic carbocycles. The molecule has 0 unspecified atom stereocenters. The van der Waals surface area contributed by atoms with Gasteiger partial charge in [0.25, 0.3) is 0 Å². The third-order valence-corrected chi connectivity index (χ3v) is 3.89. The molecule has 0 aliphatic heterocycles. The largest absolute Gasteiger partial charge is 0.492 e. The predicted octanol–water partition coefficient (Wildman–Crippen LogP) is 3.89. The van der Waals surface area contributed by atoms with Gasteiger partial charge >= 0.3 is 0 Å². The first-order valence-corrected chi connectivity index (χ1v) is 7.23. The van der Waals surface area contributed by atoms with Crippen LogP contribution < -0.4 is 10.1 Å². The predicted molar refractivity (Wildman–Crippen MR) is 76.4 cm³/mol. The minimum Gasteiger partial charge on any atom is -0.492 e. The standard InChI is InChI=1S/C15H22ClNO/c1-12-2-6-14(7-3-12)17-10-11-18-15-8-4-13(16)5-9-15/h4-5,8-9,12,14,17H,2-3,6-7,10-11H2,1H3. The average Bonchev–Trinajstić information content (AvgIpc) is 2.39. The maximum Gasteiger partial charge on any atom is 0.119 e. The molecule has 0 amide bonds. The summed E-state index contributed by atoms with van der Waals surface area (Å²) in [6.07, 6.45) is 5.33. The van der Waals surface area contributed by atoms with Crippen LogP contribution in [0.2, 0.25) is 5.02 Å². The van der Waals surface area contributed by atoms with Crippen molar-refractivity contribution in [3.05, 3.63) is 29.3 Å². The Morgan fingerprint density at radius 3 is 2.50 bits per heavy atom. The summed E-state index contributed by atoms with van der Waals surface area (Å²) in [6, 6.07) is 8.21. The van der Waals surface area contributed by atoms with Crippen molar-refractivity contribution in [2.75, 3.05) is 13.2 Å². The number of hydrogen-bond acceptors (Lipinski definition) is 2. The van der Waals surface area contributed by atoms with Crippen LogP contribution in [0.5, 0.6) is 5.75 Å². The van der Waals surface area contributed by atoms with Gasteiger partial charge in [-0.3, -0.25) is 0 Å². The summed E-state index contributed by atoms with van der Waals surface area (Å²) < 4.78 is 5.65. The van der Waals surface area contributed by atoms with Gasteiger partial charge in [-0.1, -0.05) is 18.5 Å². The van der Waals surface area contributed by atoms with E-state index in [1.54, 1.807) is 0 Å². The number of nitrogens with one attached hydrogen (secondary N) is 1. The van der Waals surface area contributed by atoms with E-state index in [4.69, 9.17) is 16.3 Å². The highest BCUT2D eigenvalue weighted by Gasteiger charge is 2.16. The first-order chi connectivity index (χ1) is 8.74. The van der Waals surface area contributed by atoms with E-state index in [1.165, 1.54) is 25.7 Å². The van der Waals surface area contributed by atoms with E-state index in [0.29, 0.717) is 12.6 Å². The lowest BCUT2D eigenvalue weighted by molar-refractivity contribution is 0.270. The van der Waals surface area contributed by atoms with Gasteiger partial charge in [0.2, 0.25) is 0 Å². The molecule has 2 rings (SSSR count). The van der Waals surface area contributed by atoms with Gasteiger partial charge in [-0.15, -0.1) is 0 Å². The number of rotatable bonds is 5. The van der Waals surface area contributed by atoms with Crippen molar-refractivity contribution < 1.29 is 4.74 Å². The Hall–Kier alpha value is -0.730. The molecule has 3 heteroatoms. The number of halogens is 1. The summed E-state index contributed by atoms with van der Waals surface area (Å²) in [5.41, 5.74) is 0. The molecule has 0 bridgehead atoms. The summed E-state index contributed by atoms with van der Waals surface area (Å²) in [4.78, 5) is 0. The fourth-order valence-corrected chi connectivity index (χ4v) is 2.55. The Morgan fingerprint density at radius 2 is 1.83 bits per heavy atom. The highest BCUT2D eigenvalue weighted by molar-refractivity contribution is 6.30. The molecule has 0 radical (unpaired) electrons. The Bertz CT molecular complexity index is 344. The minimum atomic E-state index is 0.690. The SMILES string of the molecule is CC1CCC(NCCOc2ccc(Cl)cc2)CC1. The molecule has 1 fully saturated rings. The van der Waals surface area contributed by atoms with Crippen LogP contribution in [0.25, 0.3) is 0 Å². The summed E-state index contributed by atoms with van der Waals surface area (Å²) in [6.45, 7) is 3.98. The van der Waals surface area contributed by atoms with Crippen molar-refractivity contribution in [1.29, 1.82) is 0 Å². The van der Waals surface area contributed by atoms with Gasteiger partial charge in [-0.05, 0) is 55.9 Å². The van der Waals surface area contributed by atoms with E-state index in [1.807, 2.05) is 24.3 Å². The van der Waals surface area contributed by atoms with Crippen LogP contribution in [0.1, 0.15) is 32.6 Å². The minimum absolute atomic E-state index is 0.690. The molecule has 2 nitrogen and oxygen atoms in total. The Balaban J connectivity index is 1.60. The fraction of sp³-hybridized carbons (Fsp3) is 0.600. The quantitative estimate of drug-likeness (QED) is 0.818. The lowest BCUT2D eigenvalue weighted by atomic mass is 9.87. The second-order valence-corrected chi connectivity index (χ2v) is 5.65. The molecule has 0 atom stereocenters. The van der Waals surface area contributed by atoms with Gasteiger partial charge in [0.05, 0.1) is 0 Å². The highest BCUT2D eigenvalue weighted by atomic mass is 35.5. The molecule has 0 spiro atoms. The molecular formula is C15H22ClNO. The lowest BCUT2D eigenvalue weighted by Crippen LogP contribution is -2.35. The maximum absolute atomic E-state index is 5.82. The number of benzene rings is 1. The topological polar surface area (TPSA) is 21.3 Å². The summed E-state index contributed by atoms with van der Waals surface area (Å²) in [5, 5.41) is 4.32. The van der Waals surface area contributed by atoms with Gasteiger partial charge < -0.3 is 10.1 Å². The second kappa shape index (κ2) is 7.01. The maximum atomic E-state index is 5.82. The van der Waals surface area contributed by atoms with E-state index >= 15 is 0 Å². The summed E-state index contributed by atoms with van der Waals surface area (Å²) in [7, 11) is 0. The first kappa shape index (κ1) is 13.7. The second-order valence-electron chi connectivity index (χ2n) is 5.21. The van der Waals surface area contributed by atoms with E-state index in [-0.39, 0.29) is 0 Å². The van der Waals surface area contributed by atoms with Gasteiger partial charge in [0.15, 0.2) is 0 Å². The molecule has 100 valence electrons. The zero-order chi connectivity index (χ0) is 12.8. The van der Waals surface area contributed by atoms with E-state index < -0.39 is 0 Å². The first-order valence-electron chi connectivity index (χ1n) is 6.86. The van der Waals surface area contributed by atoms with Crippen LogP contribution >= 0.6 is 11.6 Å². The molecule has 0 saturated heterocycles. The molecule has 1 saturated carbocycles. The third kappa shape index (κ3) is 4.51. The molecule has 18 heavy (non-hydrogen) atoms. The Morgan fingerprint density at radius 1 is 1.17 bits per heavy atom. The number of hydrogen-bond donors (Lipinski definition) is 1. The van der Waals surface area contributed by atoms with Crippen LogP contribution in [0.3, 0.4) is 0 Å². The highest BCUT2D eigenvalue weighted by Crippen LogP contribution is 2.23. The van der Waals surface area contributed by atoms with Crippen molar-refractivity contribution in [2.45, 2.75) is 38.6 Å². The smallest absolute Gasteiger partial charge is 0.119 e. The van der Waals surface area contributed by atoms with Crippen molar-refractivity contribution in [3.8, 4) is 5.75 Å². The number of ether oxygens (including phenoxy) is 1. The molecule has 0 heterocycles. The average molecular weight is 268 g/mol. The molecule has 1 N–H and O–H groups in total. The van der Waals surface area contributed by atoms with Crippen molar-refractivity contribution in [1.82, 2.24) is 5.32 Å². The van der Waals surface area contributed by atoms with Crippen LogP contribution in [0.15, 0.2) is 24.3 Å². The zero-order valence-electron chi connectivity index (χ0n) is 11.0. The van der Waals surface area contributed by atoms with Gasteiger partial charge in [0, 0.05) is 17.6 Å². The molecule has 0 aromatic heterocycles. The third-order valence-electron chi connectivity index (χ3n) is 3.63. The van der Waals surface area contributed by atoms with Crippen LogP contribution in [0, 0.1) is 5.92 Å². The Kier molecular flexibility index (Phi) is 5.33. The van der Waals surface area contributed by atoms with Crippen molar-refractivity contribution in [2.24, 2.45) is 5.92 Å². The van der Waals surface area contributed by atoms with Gasteiger partial charge in [0.1, 0.15) is 12.4 Å². The van der Waals surface area contributed by atoms with E-state index in [9.17, 15) is 0 Å². The fourth-order valence-electron chi connectivity index (χ4n) is 2.43. The van der Waals surface area contributed by atoms with Crippen LogP contribution in [0.4, 0.5) is 0 Å². The van der Waals surface area contributed by atoms with Gasteiger partial charge in [-0.2, -0.15) is 0 Å². The molecule has 1 aliphatic carbocycles. The normalized spacial score (nSPS) is 23.9. The summed E-state index contributed by atoms with van der Waals surface area (Å²) in [5.74, 6) is 1.80. The summed E-state index contributed by atoms with van der Waals surface area (Å²) >= 11 is 5.82. The van der Waals surface area contributed by atoms with Crippen LogP contribution in [-0.2, 0) is 0 Å². The Labute approximate surface area is 115 Å². The van der Waals surface area contributed by atoms with Crippen molar-refractivity contribution >= 4 is 11.6 Å². The van der Waals surface area contributed by atoms with Crippen molar-refractivity contribution in [3.63, 3.8) is 0 Å². The zero-order valence-corrected chi connectivity index (χ0v) is 11.7. The molecule has 1 aromatic rings. The van der Waals surface area contributed by atoms with Gasteiger partial charge in [-0.25, -0.2) is 0 Å². The van der Waals surface area contributed by atoms with E-state index in [2.05, 4.69) is 12.2 Å². The monoisotopic (exact) mass is 267 g/mol.